The number of rotatable bonds is 11. The zero-order valence-corrected chi connectivity index (χ0v) is 25.8. The van der Waals surface area contributed by atoms with E-state index in [9.17, 15) is 13.2 Å². The van der Waals surface area contributed by atoms with Gasteiger partial charge in [-0.15, -0.1) is 0 Å². The highest BCUT2D eigenvalue weighted by atomic mass is 32.2. The Morgan fingerprint density at radius 2 is 1.66 bits per heavy atom. The maximum atomic E-state index is 14.0. The van der Waals surface area contributed by atoms with E-state index in [1.165, 1.54) is 0 Å². The Hall–Kier alpha value is -3.26. The summed E-state index contributed by atoms with van der Waals surface area (Å²) in [4.78, 5) is 14.9. The number of carbonyl (C=O) groups excluding carboxylic acids is 1. The van der Waals surface area contributed by atoms with Crippen molar-refractivity contribution in [2.24, 2.45) is 5.73 Å². The molecule has 2 aromatic carbocycles. The fourth-order valence-electron chi connectivity index (χ4n) is 6.37. The highest BCUT2D eigenvalue weighted by Gasteiger charge is 2.38. The van der Waals surface area contributed by atoms with E-state index in [1.807, 2.05) is 48.7 Å². The van der Waals surface area contributed by atoms with Crippen LogP contribution in [0.3, 0.4) is 0 Å². The largest absolute Gasteiger partial charge is 0.381 e. The van der Waals surface area contributed by atoms with Gasteiger partial charge in [-0.25, -0.2) is 13.2 Å². The van der Waals surface area contributed by atoms with Crippen LogP contribution in [0.4, 0.5) is 10.5 Å². The normalized spacial score (nSPS) is 21.5. The average molecular weight is 622 g/mol. The molecule has 0 radical (unpaired) electrons. The summed E-state index contributed by atoms with van der Waals surface area (Å²) in [6, 6.07) is 14.7. The number of ether oxygens (including phenoxy) is 1. The van der Waals surface area contributed by atoms with Gasteiger partial charge >= 0.3 is 6.03 Å². The van der Waals surface area contributed by atoms with Gasteiger partial charge in [0.25, 0.3) is 0 Å². The molecule has 1 atom stereocenters. The molecule has 2 saturated heterocycles. The molecular weight excluding hydrogens is 578 g/mol. The summed E-state index contributed by atoms with van der Waals surface area (Å²) in [6.45, 7) is 5.10. The SMILES string of the molecule is NCCCNCc1ccc(N2C=C3C=C(c4ccc(S(=O)(=O)N(C5CCNCC5)C5CCOCC5)cc4)NC3NC2=O)cc1. The van der Waals surface area contributed by atoms with Crippen molar-refractivity contribution < 1.29 is 17.9 Å². The van der Waals surface area contributed by atoms with Gasteiger partial charge in [-0.2, -0.15) is 4.31 Å². The molecule has 0 bridgehead atoms. The van der Waals surface area contributed by atoms with Crippen LogP contribution in [0.2, 0.25) is 0 Å². The summed E-state index contributed by atoms with van der Waals surface area (Å²) in [5.41, 5.74) is 10.1. The van der Waals surface area contributed by atoms with E-state index in [0.29, 0.717) is 37.5 Å². The number of carbonyl (C=O) groups is 1. The third-order valence-electron chi connectivity index (χ3n) is 8.77. The van der Waals surface area contributed by atoms with E-state index < -0.39 is 10.0 Å². The molecular formula is C32H43N7O4S. The number of benzene rings is 2. The Labute approximate surface area is 259 Å². The Morgan fingerprint density at radius 1 is 0.955 bits per heavy atom. The molecule has 6 N–H and O–H groups in total. The Bertz CT molecular complexity index is 1450. The maximum Gasteiger partial charge on any atom is 0.327 e. The Morgan fingerprint density at radius 3 is 2.36 bits per heavy atom. The maximum absolute atomic E-state index is 14.0. The van der Waals surface area contributed by atoms with Crippen LogP contribution in [-0.2, 0) is 21.3 Å². The molecule has 0 saturated carbocycles. The molecule has 0 aromatic heterocycles. The monoisotopic (exact) mass is 621 g/mol. The number of piperidine rings is 1. The fourth-order valence-corrected chi connectivity index (χ4v) is 8.30. The summed E-state index contributed by atoms with van der Waals surface area (Å²) >= 11 is 0. The summed E-state index contributed by atoms with van der Waals surface area (Å²) in [7, 11) is -3.69. The van der Waals surface area contributed by atoms with Crippen molar-refractivity contribution in [2.45, 2.75) is 61.8 Å². The number of urea groups is 1. The van der Waals surface area contributed by atoms with Crippen molar-refractivity contribution in [3.05, 3.63) is 77.5 Å². The first-order chi connectivity index (χ1) is 21.4. The highest BCUT2D eigenvalue weighted by Crippen LogP contribution is 2.32. The molecule has 0 aliphatic carbocycles. The summed E-state index contributed by atoms with van der Waals surface area (Å²) in [5, 5.41) is 13.1. The van der Waals surface area contributed by atoms with Gasteiger partial charge in [0.05, 0.1) is 10.6 Å². The van der Waals surface area contributed by atoms with Crippen LogP contribution in [0.5, 0.6) is 0 Å². The van der Waals surface area contributed by atoms with Crippen LogP contribution in [0.15, 0.2) is 71.3 Å². The van der Waals surface area contributed by atoms with E-state index in [4.69, 9.17) is 10.5 Å². The number of amides is 2. The molecule has 2 amide bonds. The number of nitrogens with one attached hydrogen (secondary N) is 4. The predicted octanol–water partition coefficient (Wildman–Crippen LogP) is 2.43. The van der Waals surface area contributed by atoms with Gasteiger partial charge in [0.15, 0.2) is 0 Å². The first-order valence-corrected chi connectivity index (χ1v) is 17.1. The van der Waals surface area contributed by atoms with Crippen LogP contribution in [0.1, 0.15) is 43.2 Å². The van der Waals surface area contributed by atoms with Crippen molar-refractivity contribution in [2.75, 3.05) is 44.3 Å². The smallest absolute Gasteiger partial charge is 0.327 e. The quantitative estimate of drug-likeness (QED) is 0.241. The van der Waals surface area contributed by atoms with Gasteiger partial charge in [-0.1, -0.05) is 24.3 Å². The number of fused-ring (bicyclic) bond motifs is 1. The van der Waals surface area contributed by atoms with Crippen LogP contribution in [0.25, 0.3) is 5.70 Å². The van der Waals surface area contributed by atoms with E-state index >= 15 is 0 Å². The lowest BCUT2D eigenvalue weighted by Crippen LogP contribution is -2.52. The molecule has 12 heteroatoms. The molecule has 2 fully saturated rings. The van der Waals surface area contributed by atoms with Crippen LogP contribution >= 0.6 is 0 Å². The van der Waals surface area contributed by atoms with E-state index in [1.54, 1.807) is 21.3 Å². The van der Waals surface area contributed by atoms with Crippen LogP contribution < -0.4 is 31.9 Å². The van der Waals surface area contributed by atoms with Gasteiger partial charge in [-0.3, -0.25) is 4.90 Å². The second-order valence-corrected chi connectivity index (χ2v) is 13.6. The molecule has 0 spiro atoms. The van der Waals surface area contributed by atoms with Crippen molar-refractivity contribution in [1.29, 1.82) is 0 Å². The lowest BCUT2D eigenvalue weighted by atomic mass is 10.0. The second kappa shape index (κ2) is 13.8. The zero-order chi connectivity index (χ0) is 30.5. The molecule has 2 aromatic rings. The molecule has 1 unspecified atom stereocenters. The summed E-state index contributed by atoms with van der Waals surface area (Å²) in [5.74, 6) is 0. The lowest BCUT2D eigenvalue weighted by molar-refractivity contribution is 0.0457. The first kappa shape index (κ1) is 30.8. The number of anilines is 1. The molecule has 11 nitrogen and oxygen atoms in total. The van der Waals surface area contributed by atoms with E-state index in [2.05, 4.69) is 21.3 Å². The molecule has 6 rings (SSSR count). The minimum Gasteiger partial charge on any atom is -0.381 e. The summed E-state index contributed by atoms with van der Waals surface area (Å²) < 4.78 is 35.4. The third kappa shape index (κ3) is 6.70. The van der Waals surface area contributed by atoms with E-state index in [0.717, 1.165) is 73.5 Å². The van der Waals surface area contributed by atoms with Crippen molar-refractivity contribution >= 4 is 27.4 Å². The number of nitrogens with two attached hydrogens (primary N) is 1. The topological polar surface area (TPSA) is 141 Å². The predicted molar refractivity (Wildman–Crippen MR) is 171 cm³/mol. The Kier molecular flexibility index (Phi) is 9.65. The minimum atomic E-state index is -3.69. The zero-order valence-electron chi connectivity index (χ0n) is 25.0. The second-order valence-electron chi connectivity index (χ2n) is 11.8. The molecule has 4 heterocycles. The van der Waals surface area contributed by atoms with Crippen molar-refractivity contribution in [1.82, 2.24) is 25.6 Å². The number of hydrogen-bond acceptors (Lipinski definition) is 8. The number of hydrogen-bond donors (Lipinski definition) is 5. The van der Waals surface area contributed by atoms with Crippen LogP contribution in [-0.4, -0.2) is 76.4 Å². The average Bonchev–Trinajstić information content (AvgIpc) is 3.47. The van der Waals surface area contributed by atoms with Crippen LogP contribution in [0, 0.1) is 0 Å². The third-order valence-corrected chi connectivity index (χ3v) is 10.8. The van der Waals surface area contributed by atoms with Gasteiger partial charge < -0.3 is 31.7 Å². The van der Waals surface area contributed by atoms with E-state index in [-0.39, 0.29) is 24.3 Å². The molecule has 236 valence electrons. The number of nitrogens with zero attached hydrogens (tertiary/aromatic N) is 2. The summed E-state index contributed by atoms with van der Waals surface area (Å²) in [6.07, 6.45) is 7.47. The van der Waals surface area contributed by atoms with Gasteiger partial charge in [0, 0.05) is 49.3 Å². The number of sulfonamides is 1. The molecule has 4 aliphatic rings. The van der Waals surface area contributed by atoms with Gasteiger partial charge in [0.2, 0.25) is 10.0 Å². The minimum absolute atomic E-state index is 0.0148. The fraction of sp³-hybridized carbons (Fsp3) is 0.469. The molecule has 4 aliphatic heterocycles. The first-order valence-electron chi connectivity index (χ1n) is 15.7. The standard InChI is InChI=1S/C32H43N7O4S/c33-14-1-15-35-21-23-2-6-26(7-3-23)38-22-25-20-30(36-31(25)37-32(38)40)24-4-8-29(9-5-24)44(41,42)39(27-10-16-34-17-11-27)28-12-18-43-19-13-28/h2-9,20,22,27-28,31,34-36H,1,10-19,21,33H2,(H,37,40). The highest BCUT2D eigenvalue weighted by molar-refractivity contribution is 7.89. The van der Waals surface area contributed by atoms with Gasteiger partial charge in [-0.05, 0) is 99.8 Å². The Balaban J connectivity index is 1.17. The molecule has 44 heavy (non-hydrogen) atoms. The lowest BCUT2D eigenvalue weighted by Gasteiger charge is -2.40. The van der Waals surface area contributed by atoms with Crippen molar-refractivity contribution in [3.63, 3.8) is 0 Å². The van der Waals surface area contributed by atoms with Gasteiger partial charge in [0.1, 0.15) is 6.17 Å². The van der Waals surface area contributed by atoms with Crippen molar-refractivity contribution in [3.8, 4) is 0 Å².